The molecule has 0 amide bonds. The highest BCUT2D eigenvalue weighted by molar-refractivity contribution is 6.30. The Hall–Kier alpha value is -1.48. The standard InChI is InChI=1S/C16H20ClN3/c1-10-15(11(2)20(3)19-10)18-16(12-4-5-12)13-6-8-14(17)9-7-13/h6-9,12,16,18H,4-5H2,1-3H3. The molecule has 0 spiro atoms. The lowest BCUT2D eigenvalue weighted by Crippen LogP contribution is -2.14. The van der Waals surface area contributed by atoms with Crippen molar-refractivity contribution in [1.29, 1.82) is 0 Å². The number of rotatable bonds is 4. The van der Waals surface area contributed by atoms with E-state index in [0.29, 0.717) is 6.04 Å². The third kappa shape index (κ3) is 2.55. The van der Waals surface area contributed by atoms with E-state index < -0.39 is 0 Å². The van der Waals surface area contributed by atoms with Crippen molar-refractivity contribution in [2.45, 2.75) is 32.7 Å². The lowest BCUT2D eigenvalue weighted by atomic mass is 10.0. The van der Waals surface area contributed by atoms with Gasteiger partial charge in [-0.3, -0.25) is 4.68 Å². The van der Waals surface area contributed by atoms with Crippen LogP contribution >= 0.6 is 11.6 Å². The van der Waals surface area contributed by atoms with Crippen LogP contribution in [0, 0.1) is 19.8 Å². The third-order valence-corrected chi connectivity index (χ3v) is 4.38. The predicted octanol–water partition coefficient (Wildman–Crippen LogP) is 4.25. The van der Waals surface area contributed by atoms with Crippen LogP contribution in [0.3, 0.4) is 0 Å². The Morgan fingerprint density at radius 3 is 2.40 bits per heavy atom. The average molecular weight is 290 g/mol. The number of aryl methyl sites for hydroxylation is 2. The largest absolute Gasteiger partial charge is 0.375 e. The number of nitrogens with one attached hydrogen (secondary N) is 1. The molecule has 20 heavy (non-hydrogen) atoms. The van der Waals surface area contributed by atoms with Crippen molar-refractivity contribution < 1.29 is 0 Å². The summed E-state index contributed by atoms with van der Waals surface area (Å²) in [6, 6.07) is 8.54. The Balaban J connectivity index is 1.90. The molecule has 0 saturated heterocycles. The van der Waals surface area contributed by atoms with E-state index in [4.69, 9.17) is 11.6 Å². The summed E-state index contributed by atoms with van der Waals surface area (Å²) in [6.45, 7) is 4.16. The maximum atomic E-state index is 5.99. The van der Waals surface area contributed by atoms with Crippen molar-refractivity contribution in [3.05, 3.63) is 46.2 Å². The minimum Gasteiger partial charge on any atom is -0.375 e. The summed E-state index contributed by atoms with van der Waals surface area (Å²) in [6.07, 6.45) is 2.58. The van der Waals surface area contributed by atoms with E-state index in [-0.39, 0.29) is 0 Å². The van der Waals surface area contributed by atoms with Gasteiger partial charge in [-0.15, -0.1) is 0 Å². The molecule has 1 aliphatic rings. The number of nitrogens with zero attached hydrogens (tertiary/aromatic N) is 2. The van der Waals surface area contributed by atoms with E-state index in [1.165, 1.54) is 29.8 Å². The number of anilines is 1. The second-order valence-electron chi connectivity index (χ2n) is 5.68. The number of aromatic nitrogens is 2. The zero-order valence-corrected chi connectivity index (χ0v) is 12.9. The Morgan fingerprint density at radius 1 is 1.25 bits per heavy atom. The summed E-state index contributed by atoms with van der Waals surface area (Å²) in [5.74, 6) is 0.718. The van der Waals surface area contributed by atoms with E-state index in [2.05, 4.69) is 36.4 Å². The Morgan fingerprint density at radius 2 is 1.90 bits per heavy atom. The Bertz CT molecular complexity index is 611. The molecule has 3 nitrogen and oxygen atoms in total. The average Bonchev–Trinajstić information content (AvgIpc) is 3.21. The summed E-state index contributed by atoms with van der Waals surface area (Å²) < 4.78 is 1.93. The fourth-order valence-corrected chi connectivity index (χ4v) is 2.84. The van der Waals surface area contributed by atoms with E-state index in [0.717, 1.165) is 16.6 Å². The zero-order valence-electron chi connectivity index (χ0n) is 12.2. The summed E-state index contributed by atoms with van der Waals surface area (Å²) in [7, 11) is 1.99. The molecule has 0 radical (unpaired) electrons. The second-order valence-corrected chi connectivity index (χ2v) is 6.12. The van der Waals surface area contributed by atoms with Gasteiger partial charge < -0.3 is 5.32 Å². The first-order valence-electron chi connectivity index (χ1n) is 7.08. The highest BCUT2D eigenvalue weighted by Gasteiger charge is 2.33. The van der Waals surface area contributed by atoms with Crippen molar-refractivity contribution in [2.24, 2.45) is 13.0 Å². The fraction of sp³-hybridized carbons (Fsp3) is 0.438. The number of hydrogen-bond donors (Lipinski definition) is 1. The van der Waals surface area contributed by atoms with Crippen molar-refractivity contribution in [1.82, 2.24) is 9.78 Å². The van der Waals surface area contributed by atoms with Gasteiger partial charge in [0.15, 0.2) is 0 Å². The number of benzene rings is 1. The monoisotopic (exact) mass is 289 g/mol. The van der Waals surface area contributed by atoms with Crippen LogP contribution < -0.4 is 5.32 Å². The van der Waals surface area contributed by atoms with Crippen LogP contribution in [0.25, 0.3) is 0 Å². The zero-order chi connectivity index (χ0) is 14.3. The lowest BCUT2D eigenvalue weighted by Gasteiger charge is -2.20. The van der Waals surface area contributed by atoms with Crippen molar-refractivity contribution in [2.75, 3.05) is 5.32 Å². The molecule has 0 aliphatic heterocycles. The lowest BCUT2D eigenvalue weighted by molar-refractivity contribution is 0.677. The maximum Gasteiger partial charge on any atom is 0.0828 e. The van der Waals surface area contributed by atoms with E-state index in [1.54, 1.807) is 0 Å². The molecule has 1 fully saturated rings. The van der Waals surface area contributed by atoms with Crippen molar-refractivity contribution in [3.8, 4) is 0 Å². The molecule has 3 rings (SSSR count). The molecule has 1 heterocycles. The smallest absolute Gasteiger partial charge is 0.0828 e. The minimum absolute atomic E-state index is 0.355. The van der Waals surface area contributed by atoms with Crippen LogP contribution in [0.5, 0.6) is 0 Å². The third-order valence-electron chi connectivity index (χ3n) is 4.13. The molecular weight excluding hydrogens is 270 g/mol. The normalized spacial score (nSPS) is 16.2. The quantitative estimate of drug-likeness (QED) is 0.912. The maximum absolute atomic E-state index is 5.99. The number of hydrogen-bond acceptors (Lipinski definition) is 2. The van der Waals surface area contributed by atoms with Crippen LogP contribution in [0.4, 0.5) is 5.69 Å². The molecule has 1 aromatic heterocycles. The molecule has 1 aliphatic carbocycles. The molecule has 1 unspecified atom stereocenters. The van der Waals surface area contributed by atoms with Crippen LogP contribution in [-0.4, -0.2) is 9.78 Å². The Labute approximate surface area is 124 Å². The molecule has 0 bridgehead atoms. The van der Waals surface area contributed by atoms with Gasteiger partial charge >= 0.3 is 0 Å². The highest BCUT2D eigenvalue weighted by Crippen LogP contribution is 2.43. The molecule has 4 heteroatoms. The van der Waals surface area contributed by atoms with Crippen LogP contribution in [0.15, 0.2) is 24.3 Å². The molecule has 1 saturated carbocycles. The second kappa shape index (κ2) is 5.13. The topological polar surface area (TPSA) is 29.9 Å². The first-order chi connectivity index (χ1) is 9.56. The molecule has 1 N–H and O–H groups in total. The van der Waals surface area contributed by atoms with Gasteiger partial charge in [0.25, 0.3) is 0 Å². The Kier molecular flexibility index (Phi) is 3.47. The highest BCUT2D eigenvalue weighted by atomic mass is 35.5. The first kappa shape index (κ1) is 13.5. The van der Waals surface area contributed by atoms with Gasteiger partial charge in [-0.1, -0.05) is 23.7 Å². The minimum atomic E-state index is 0.355. The fourth-order valence-electron chi connectivity index (χ4n) is 2.71. The predicted molar refractivity (Wildman–Crippen MR) is 83.2 cm³/mol. The molecule has 2 aromatic rings. The van der Waals surface area contributed by atoms with Crippen molar-refractivity contribution in [3.63, 3.8) is 0 Å². The van der Waals surface area contributed by atoms with Gasteiger partial charge in [-0.05, 0) is 50.3 Å². The van der Waals surface area contributed by atoms with Crippen LogP contribution in [-0.2, 0) is 7.05 Å². The molecule has 1 atom stereocenters. The summed E-state index contributed by atoms with van der Waals surface area (Å²) in [4.78, 5) is 0. The van der Waals surface area contributed by atoms with Crippen molar-refractivity contribution >= 4 is 17.3 Å². The molecule has 1 aromatic carbocycles. The van der Waals surface area contributed by atoms with Crippen LogP contribution in [0.1, 0.15) is 35.8 Å². The summed E-state index contributed by atoms with van der Waals surface area (Å²) in [5, 5.41) is 8.98. The number of halogens is 1. The van der Waals surface area contributed by atoms with Gasteiger partial charge in [0.05, 0.1) is 23.1 Å². The molecule has 106 valence electrons. The van der Waals surface area contributed by atoms with Gasteiger partial charge in [-0.25, -0.2) is 0 Å². The van der Waals surface area contributed by atoms with Gasteiger partial charge in [-0.2, -0.15) is 5.10 Å². The van der Waals surface area contributed by atoms with Gasteiger partial charge in [0, 0.05) is 12.1 Å². The SMILES string of the molecule is Cc1nn(C)c(C)c1NC(c1ccc(Cl)cc1)C1CC1. The summed E-state index contributed by atoms with van der Waals surface area (Å²) in [5.41, 5.74) is 4.71. The van der Waals surface area contributed by atoms with Gasteiger partial charge in [0.1, 0.15) is 0 Å². The van der Waals surface area contributed by atoms with E-state index in [9.17, 15) is 0 Å². The van der Waals surface area contributed by atoms with Gasteiger partial charge in [0.2, 0.25) is 0 Å². The van der Waals surface area contributed by atoms with E-state index >= 15 is 0 Å². The molecular formula is C16H20ClN3. The van der Waals surface area contributed by atoms with Crippen LogP contribution in [0.2, 0.25) is 5.02 Å². The first-order valence-corrected chi connectivity index (χ1v) is 7.46. The summed E-state index contributed by atoms with van der Waals surface area (Å²) >= 11 is 5.99. The van der Waals surface area contributed by atoms with E-state index in [1.807, 2.05) is 23.9 Å².